The van der Waals surface area contributed by atoms with E-state index in [4.69, 9.17) is 5.73 Å². The van der Waals surface area contributed by atoms with Crippen LogP contribution in [0.3, 0.4) is 0 Å². The maximum atomic E-state index is 11.9. The summed E-state index contributed by atoms with van der Waals surface area (Å²) in [6, 6.07) is 0. The molecule has 0 amide bonds. The summed E-state index contributed by atoms with van der Waals surface area (Å²) in [7, 11) is 0. The molecule has 0 saturated heterocycles. The molecular formula is C15H28F3NO. The number of rotatable bonds is 8. The van der Waals surface area contributed by atoms with Crippen molar-refractivity contribution < 1.29 is 17.9 Å². The SMILES string of the molecule is CCCCC1CCC(N)(CCCOCC(F)(F)F)CC1. The maximum Gasteiger partial charge on any atom is 0.411 e. The molecule has 0 radical (unpaired) electrons. The van der Waals surface area contributed by atoms with Gasteiger partial charge in [-0.2, -0.15) is 13.2 Å². The molecule has 0 atom stereocenters. The molecule has 0 aromatic heterocycles. The summed E-state index contributed by atoms with van der Waals surface area (Å²) in [5.41, 5.74) is 6.16. The fourth-order valence-corrected chi connectivity index (χ4v) is 3.00. The third-order valence-electron chi connectivity index (χ3n) is 4.30. The quantitative estimate of drug-likeness (QED) is 0.673. The monoisotopic (exact) mass is 295 g/mol. The van der Waals surface area contributed by atoms with Crippen molar-refractivity contribution in [1.29, 1.82) is 0 Å². The Hall–Kier alpha value is -0.290. The highest BCUT2D eigenvalue weighted by atomic mass is 19.4. The molecule has 0 unspecified atom stereocenters. The van der Waals surface area contributed by atoms with Crippen molar-refractivity contribution in [2.24, 2.45) is 11.7 Å². The number of hydrogen-bond acceptors (Lipinski definition) is 2. The first kappa shape index (κ1) is 17.8. The zero-order valence-electron chi connectivity index (χ0n) is 12.5. The number of ether oxygens (including phenoxy) is 1. The van der Waals surface area contributed by atoms with Crippen LogP contribution >= 0.6 is 0 Å². The molecule has 0 aromatic rings. The van der Waals surface area contributed by atoms with Crippen molar-refractivity contribution >= 4 is 0 Å². The Balaban J connectivity index is 2.12. The first-order valence-electron chi connectivity index (χ1n) is 7.78. The summed E-state index contributed by atoms with van der Waals surface area (Å²) < 4.78 is 40.4. The molecule has 0 spiro atoms. The van der Waals surface area contributed by atoms with Crippen LogP contribution in [0.15, 0.2) is 0 Å². The highest BCUT2D eigenvalue weighted by Gasteiger charge is 2.31. The van der Waals surface area contributed by atoms with Crippen molar-refractivity contribution in [2.75, 3.05) is 13.2 Å². The molecule has 0 bridgehead atoms. The van der Waals surface area contributed by atoms with Crippen LogP contribution in [0.5, 0.6) is 0 Å². The van der Waals surface area contributed by atoms with E-state index in [1.165, 1.54) is 32.1 Å². The predicted molar refractivity (Wildman–Crippen MR) is 74.5 cm³/mol. The summed E-state index contributed by atoms with van der Waals surface area (Å²) in [5, 5.41) is 0. The van der Waals surface area contributed by atoms with Gasteiger partial charge in [0.25, 0.3) is 0 Å². The first-order valence-corrected chi connectivity index (χ1v) is 7.78. The smallest absolute Gasteiger partial charge is 0.372 e. The molecular weight excluding hydrogens is 267 g/mol. The average molecular weight is 295 g/mol. The summed E-state index contributed by atoms with van der Waals surface area (Å²) >= 11 is 0. The van der Waals surface area contributed by atoms with Crippen molar-refractivity contribution in [1.82, 2.24) is 0 Å². The zero-order chi connectivity index (χ0) is 15.1. The van der Waals surface area contributed by atoms with E-state index in [9.17, 15) is 13.2 Å². The lowest BCUT2D eigenvalue weighted by Gasteiger charge is -2.37. The minimum absolute atomic E-state index is 0.151. The van der Waals surface area contributed by atoms with Gasteiger partial charge in [-0.25, -0.2) is 0 Å². The van der Waals surface area contributed by atoms with E-state index < -0.39 is 12.8 Å². The van der Waals surface area contributed by atoms with Gasteiger partial charge >= 0.3 is 6.18 Å². The van der Waals surface area contributed by atoms with Gasteiger partial charge in [0.05, 0.1) is 0 Å². The van der Waals surface area contributed by atoms with Gasteiger partial charge in [-0.15, -0.1) is 0 Å². The molecule has 20 heavy (non-hydrogen) atoms. The molecule has 5 heteroatoms. The maximum absolute atomic E-state index is 11.9. The van der Waals surface area contributed by atoms with E-state index in [0.29, 0.717) is 6.42 Å². The Labute approximate surface area is 120 Å². The summed E-state index contributed by atoms with van der Waals surface area (Å²) in [5.74, 6) is 0.799. The molecule has 0 heterocycles. The molecule has 1 fully saturated rings. The highest BCUT2D eigenvalue weighted by Crippen LogP contribution is 2.35. The fraction of sp³-hybridized carbons (Fsp3) is 1.00. The third kappa shape index (κ3) is 7.48. The van der Waals surface area contributed by atoms with Crippen LogP contribution in [0.1, 0.15) is 64.7 Å². The van der Waals surface area contributed by atoms with Crippen molar-refractivity contribution in [2.45, 2.75) is 76.4 Å². The Morgan fingerprint density at radius 3 is 2.40 bits per heavy atom. The minimum Gasteiger partial charge on any atom is -0.372 e. The second kappa shape index (κ2) is 8.23. The molecule has 1 aliphatic rings. The van der Waals surface area contributed by atoms with Crippen LogP contribution in [0, 0.1) is 5.92 Å². The van der Waals surface area contributed by atoms with E-state index in [2.05, 4.69) is 11.7 Å². The van der Waals surface area contributed by atoms with Gasteiger partial charge in [-0.05, 0) is 44.4 Å². The molecule has 120 valence electrons. The lowest BCUT2D eigenvalue weighted by Crippen LogP contribution is -2.43. The summed E-state index contributed by atoms with van der Waals surface area (Å²) in [6.07, 6.45) is 5.31. The standard InChI is InChI=1S/C15H28F3NO/c1-2-3-5-13-6-9-14(19,10-7-13)8-4-11-20-12-15(16,17)18/h13H,2-12,19H2,1H3. The van der Waals surface area contributed by atoms with Crippen molar-refractivity contribution in [3.8, 4) is 0 Å². The van der Waals surface area contributed by atoms with Crippen molar-refractivity contribution in [3.05, 3.63) is 0 Å². The second-order valence-electron chi connectivity index (χ2n) is 6.22. The average Bonchev–Trinajstić information content (AvgIpc) is 2.36. The van der Waals surface area contributed by atoms with E-state index in [-0.39, 0.29) is 12.1 Å². The molecule has 2 N–H and O–H groups in total. The number of alkyl halides is 3. The van der Waals surface area contributed by atoms with Gasteiger partial charge in [0.1, 0.15) is 6.61 Å². The number of halogens is 3. The summed E-state index contributed by atoms with van der Waals surface area (Å²) in [4.78, 5) is 0. The third-order valence-corrected chi connectivity index (χ3v) is 4.30. The van der Waals surface area contributed by atoms with Crippen LogP contribution in [0.2, 0.25) is 0 Å². The number of unbranched alkanes of at least 4 members (excludes halogenated alkanes) is 1. The van der Waals surface area contributed by atoms with Crippen LogP contribution in [-0.2, 0) is 4.74 Å². The Kier molecular flexibility index (Phi) is 7.30. The van der Waals surface area contributed by atoms with E-state index in [1.807, 2.05) is 0 Å². The normalized spacial score (nSPS) is 27.8. The molecule has 2 nitrogen and oxygen atoms in total. The van der Waals surface area contributed by atoms with E-state index in [0.717, 1.165) is 25.2 Å². The Morgan fingerprint density at radius 2 is 1.85 bits per heavy atom. The first-order chi connectivity index (χ1) is 9.35. The van der Waals surface area contributed by atoms with Gasteiger partial charge in [0, 0.05) is 12.1 Å². The van der Waals surface area contributed by atoms with Gasteiger partial charge in [-0.1, -0.05) is 26.2 Å². The fourth-order valence-electron chi connectivity index (χ4n) is 3.00. The van der Waals surface area contributed by atoms with Gasteiger partial charge in [-0.3, -0.25) is 0 Å². The second-order valence-corrected chi connectivity index (χ2v) is 6.22. The van der Waals surface area contributed by atoms with Crippen LogP contribution in [0.25, 0.3) is 0 Å². The molecule has 0 aromatic carbocycles. The van der Waals surface area contributed by atoms with E-state index >= 15 is 0 Å². The van der Waals surface area contributed by atoms with Crippen molar-refractivity contribution in [3.63, 3.8) is 0 Å². The van der Waals surface area contributed by atoms with Crippen LogP contribution in [0.4, 0.5) is 13.2 Å². The molecule has 0 aliphatic heterocycles. The molecule has 1 saturated carbocycles. The predicted octanol–water partition coefficient (Wildman–Crippen LogP) is 4.42. The Bertz CT molecular complexity index is 260. The van der Waals surface area contributed by atoms with Gasteiger partial charge in [0.15, 0.2) is 0 Å². The van der Waals surface area contributed by atoms with Gasteiger partial charge in [0.2, 0.25) is 0 Å². The van der Waals surface area contributed by atoms with Gasteiger partial charge < -0.3 is 10.5 Å². The highest BCUT2D eigenvalue weighted by molar-refractivity contribution is 4.89. The Morgan fingerprint density at radius 1 is 1.20 bits per heavy atom. The largest absolute Gasteiger partial charge is 0.411 e. The minimum atomic E-state index is -4.22. The zero-order valence-corrected chi connectivity index (χ0v) is 12.5. The lowest BCUT2D eigenvalue weighted by molar-refractivity contribution is -0.174. The number of hydrogen-bond donors (Lipinski definition) is 1. The topological polar surface area (TPSA) is 35.2 Å². The van der Waals surface area contributed by atoms with E-state index in [1.54, 1.807) is 0 Å². The van der Waals surface area contributed by atoms with Crippen LogP contribution in [-0.4, -0.2) is 24.9 Å². The number of nitrogens with two attached hydrogens (primary N) is 1. The molecule has 1 aliphatic carbocycles. The summed E-state index contributed by atoms with van der Waals surface area (Å²) in [6.45, 7) is 1.21. The molecule has 1 rings (SSSR count). The lowest BCUT2D eigenvalue weighted by atomic mass is 9.73. The van der Waals surface area contributed by atoms with Crippen LogP contribution < -0.4 is 5.73 Å².